The van der Waals surface area contributed by atoms with Crippen molar-refractivity contribution in [1.29, 1.82) is 0 Å². The predicted octanol–water partition coefficient (Wildman–Crippen LogP) is 3.46. The molecule has 1 saturated carbocycles. The van der Waals surface area contributed by atoms with E-state index in [4.69, 9.17) is 11.6 Å². The van der Waals surface area contributed by atoms with Crippen LogP contribution in [-0.4, -0.2) is 18.7 Å². The maximum absolute atomic E-state index is 9.37. The first kappa shape index (κ1) is 12.7. The lowest BCUT2D eigenvalue weighted by atomic mass is 10.1. The first-order valence-electron chi connectivity index (χ1n) is 6.31. The van der Waals surface area contributed by atoms with Crippen LogP contribution in [0.1, 0.15) is 31.2 Å². The third-order valence-corrected chi connectivity index (χ3v) is 3.93. The number of hydrogen-bond donors (Lipinski definition) is 1. The highest BCUT2D eigenvalue weighted by Crippen LogP contribution is 2.32. The number of nitrogens with zero attached hydrogens (tertiary/aromatic N) is 1. The Morgan fingerprint density at radius 3 is 2.71 bits per heavy atom. The Morgan fingerprint density at radius 1 is 1.35 bits per heavy atom. The van der Waals surface area contributed by atoms with E-state index in [0.717, 1.165) is 28.7 Å². The molecule has 0 saturated heterocycles. The number of benzene rings is 1. The minimum absolute atomic E-state index is 0.0465. The highest BCUT2D eigenvalue weighted by Gasteiger charge is 2.19. The second-order valence-electron chi connectivity index (χ2n) is 4.94. The van der Waals surface area contributed by atoms with Gasteiger partial charge in [0.25, 0.3) is 0 Å². The molecule has 0 amide bonds. The van der Waals surface area contributed by atoms with Gasteiger partial charge in [0.2, 0.25) is 0 Å². The Balaban J connectivity index is 2.14. The van der Waals surface area contributed by atoms with Crippen molar-refractivity contribution < 1.29 is 5.11 Å². The van der Waals surface area contributed by atoms with Crippen LogP contribution < -0.4 is 4.90 Å². The zero-order chi connectivity index (χ0) is 12.3. The van der Waals surface area contributed by atoms with Crippen LogP contribution >= 0.6 is 11.6 Å². The Labute approximate surface area is 108 Å². The quantitative estimate of drug-likeness (QED) is 0.888. The minimum atomic E-state index is 0.0465. The molecule has 2 nitrogen and oxygen atoms in total. The number of halogens is 1. The Kier molecular flexibility index (Phi) is 4.30. The second kappa shape index (κ2) is 5.74. The van der Waals surface area contributed by atoms with Crippen molar-refractivity contribution in [2.75, 3.05) is 18.5 Å². The van der Waals surface area contributed by atoms with Gasteiger partial charge in [-0.2, -0.15) is 0 Å². The Hall–Kier alpha value is -0.730. The first-order chi connectivity index (χ1) is 8.22. The monoisotopic (exact) mass is 253 g/mol. The summed E-state index contributed by atoms with van der Waals surface area (Å²) >= 11 is 6.24. The topological polar surface area (TPSA) is 23.5 Å². The van der Waals surface area contributed by atoms with Gasteiger partial charge in [-0.25, -0.2) is 0 Å². The molecule has 0 aliphatic heterocycles. The summed E-state index contributed by atoms with van der Waals surface area (Å²) in [5.74, 6) is 0.780. The van der Waals surface area contributed by atoms with Crippen molar-refractivity contribution in [3.05, 3.63) is 28.8 Å². The molecule has 0 bridgehead atoms. The van der Waals surface area contributed by atoms with Crippen LogP contribution in [0, 0.1) is 5.92 Å². The lowest BCUT2D eigenvalue weighted by Gasteiger charge is -2.26. The number of para-hydroxylation sites is 1. The summed E-state index contributed by atoms with van der Waals surface area (Å²) in [5, 5.41) is 10.1. The third kappa shape index (κ3) is 2.93. The lowest BCUT2D eigenvalue weighted by Crippen LogP contribution is -2.25. The zero-order valence-electron chi connectivity index (χ0n) is 10.3. The van der Waals surface area contributed by atoms with Gasteiger partial charge in [-0.15, -0.1) is 0 Å². The molecule has 17 heavy (non-hydrogen) atoms. The number of rotatable bonds is 4. The van der Waals surface area contributed by atoms with Gasteiger partial charge in [-0.05, 0) is 24.8 Å². The maximum Gasteiger partial charge on any atom is 0.0702 e. The fourth-order valence-electron chi connectivity index (χ4n) is 2.79. The molecule has 1 aliphatic rings. The Bertz CT molecular complexity index is 374. The fraction of sp³-hybridized carbons (Fsp3) is 0.571. The van der Waals surface area contributed by atoms with Crippen LogP contribution in [0.25, 0.3) is 0 Å². The molecule has 1 fully saturated rings. The molecule has 1 aromatic carbocycles. The molecule has 0 aromatic heterocycles. The van der Waals surface area contributed by atoms with E-state index < -0.39 is 0 Å². The molecule has 1 aliphatic carbocycles. The van der Waals surface area contributed by atoms with Crippen LogP contribution in [-0.2, 0) is 6.61 Å². The van der Waals surface area contributed by atoms with Crippen LogP contribution in [0.3, 0.4) is 0 Å². The summed E-state index contributed by atoms with van der Waals surface area (Å²) in [6.07, 6.45) is 5.36. The largest absolute Gasteiger partial charge is 0.392 e. The molecule has 0 spiro atoms. The zero-order valence-corrected chi connectivity index (χ0v) is 11.1. The van der Waals surface area contributed by atoms with E-state index in [-0.39, 0.29) is 6.61 Å². The van der Waals surface area contributed by atoms with Gasteiger partial charge in [0, 0.05) is 19.2 Å². The van der Waals surface area contributed by atoms with Crippen molar-refractivity contribution in [2.45, 2.75) is 32.3 Å². The van der Waals surface area contributed by atoms with E-state index in [1.54, 1.807) is 0 Å². The summed E-state index contributed by atoms with van der Waals surface area (Å²) in [6, 6.07) is 5.72. The molecule has 0 unspecified atom stereocenters. The molecule has 0 radical (unpaired) electrons. The van der Waals surface area contributed by atoms with Gasteiger partial charge in [-0.3, -0.25) is 0 Å². The second-order valence-corrected chi connectivity index (χ2v) is 5.34. The summed E-state index contributed by atoms with van der Waals surface area (Å²) < 4.78 is 0. The van der Waals surface area contributed by atoms with Crippen LogP contribution in [0.15, 0.2) is 18.2 Å². The summed E-state index contributed by atoms with van der Waals surface area (Å²) in [4.78, 5) is 2.20. The van der Waals surface area contributed by atoms with Gasteiger partial charge in [0.1, 0.15) is 0 Å². The molecular formula is C14H20ClNO. The highest BCUT2D eigenvalue weighted by atomic mass is 35.5. The van der Waals surface area contributed by atoms with E-state index in [2.05, 4.69) is 11.9 Å². The standard InChI is InChI=1S/C14H20ClNO/c1-16(9-11-5-2-3-6-11)14-12(10-17)7-4-8-13(14)15/h4,7-8,11,17H,2-3,5-6,9-10H2,1H3. The van der Waals surface area contributed by atoms with E-state index in [0.29, 0.717) is 0 Å². The molecule has 0 atom stereocenters. The molecule has 0 heterocycles. The summed E-state index contributed by atoms with van der Waals surface area (Å²) in [5.41, 5.74) is 1.90. The molecule has 2 rings (SSSR count). The predicted molar refractivity (Wildman–Crippen MR) is 72.6 cm³/mol. The van der Waals surface area contributed by atoms with Crippen molar-refractivity contribution >= 4 is 17.3 Å². The smallest absolute Gasteiger partial charge is 0.0702 e. The van der Waals surface area contributed by atoms with E-state index >= 15 is 0 Å². The van der Waals surface area contributed by atoms with Crippen LogP contribution in [0.5, 0.6) is 0 Å². The van der Waals surface area contributed by atoms with Gasteiger partial charge in [0.15, 0.2) is 0 Å². The highest BCUT2D eigenvalue weighted by molar-refractivity contribution is 6.33. The fourth-order valence-corrected chi connectivity index (χ4v) is 3.12. The van der Waals surface area contributed by atoms with Crippen molar-refractivity contribution in [3.63, 3.8) is 0 Å². The van der Waals surface area contributed by atoms with Gasteiger partial charge < -0.3 is 10.0 Å². The number of anilines is 1. The Morgan fingerprint density at radius 2 is 2.06 bits per heavy atom. The number of hydrogen-bond acceptors (Lipinski definition) is 2. The third-order valence-electron chi connectivity index (χ3n) is 3.63. The molecule has 1 aromatic rings. The van der Waals surface area contributed by atoms with Crippen molar-refractivity contribution in [2.24, 2.45) is 5.92 Å². The SMILES string of the molecule is CN(CC1CCCC1)c1c(Cl)cccc1CO. The first-order valence-corrected chi connectivity index (χ1v) is 6.69. The van der Waals surface area contributed by atoms with E-state index in [9.17, 15) is 5.11 Å². The van der Waals surface area contributed by atoms with Gasteiger partial charge in [0.05, 0.1) is 17.3 Å². The van der Waals surface area contributed by atoms with Crippen LogP contribution in [0.4, 0.5) is 5.69 Å². The van der Waals surface area contributed by atoms with Crippen molar-refractivity contribution in [1.82, 2.24) is 0 Å². The molecule has 1 N–H and O–H groups in total. The number of aliphatic hydroxyl groups is 1. The molecule has 3 heteroatoms. The minimum Gasteiger partial charge on any atom is -0.392 e. The van der Waals surface area contributed by atoms with E-state index in [1.165, 1.54) is 25.7 Å². The van der Waals surface area contributed by atoms with Crippen LogP contribution in [0.2, 0.25) is 5.02 Å². The summed E-state index contributed by atoms with van der Waals surface area (Å²) in [6.45, 7) is 1.08. The van der Waals surface area contributed by atoms with E-state index in [1.807, 2.05) is 18.2 Å². The lowest BCUT2D eigenvalue weighted by molar-refractivity contribution is 0.282. The maximum atomic E-state index is 9.37. The average Bonchev–Trinajstić information content (AvgIpc) is 2.81. The molecule has 94 valence electrons. The van der Waals surface area contributed by atoms with Gasteiger partial charge >= 0.3 is 0 Å². The number of aliphatic hydroxyl groups excluding tert-OH is 1. The average molecular weight is 254 g/mol. The van der Waals surface area contributed by atoms with Crippen molar-refractivity contribution in [3.8, 4) is 0 Å². The molecular weight excluding hydrogens is 234 g/mol. The van der Waals surface area contributed by atoms with Gasteiger partial charge in [-0.1, -0.05) is 36.6 Å². The summed E-state index contributed by atoms with van der Waals surface area (Å²) in [7, 11) is 2.07. The normalized spacial score (nSPS) is 16.4.